The highest BCUT2D eigenvalue weighted by Gasteiger charge is 2.14. The number of hydrogen-bond acceptors (Lipinski definition) is 3. The SMILES string of the molecule is Cc1ccc(CC(C)n2c(=S)[nH]c3cc(Cl)cnc32)s1. The quantitative estimate of drug-likeness (QED) is 0.694. The molecule has 1 atom stereocenters. The highest BCUT2D eigenvalue weighted by atomic mass is 35.5. The van der Waals surface area contributed by atoms with E-state index in [0.29, 0.717) is 9.79 Å². The van der Waals surface area contributed by atoms with Crippen molar-refractivity contribution in [2.75, 3.05) is 0 Å². The van der Waals surface area contributed by atoms with E-state index in [9.17, 15) is 0 Å². The molecular formula is C14H14ClN3S2. The molecule has 3 heterocycles. The number of nitrogens with zero attached hydrogens (tertiary/aromatic N) is 2. The Bertz CT molecular complexity index is 815. The number of aromatic nitrogens is 3. The minimum atomic E-state index is 0.253. The van der Waals surface area contributed by atoms with Crippen LogP contribution >= 0.6 is 35.2 Å². The Morgan fingerprint density at radius 3 is 3.00 bits per heavy atom. The van der Waals surface area contributed by atoms with Crippen molar-refractivity contribution in [3.05, 3.63) is 43.9 Å². The fraction of sp³-hybridized carbons (Fsp3) is 0.286. The van der Waals surface area contributed by atoms with Gasteiger partial charge in [-0.1, -0.05) is 11.6 Å². The molecule has 0 aliphatic carbocycles. The molecule has 0 radical (unpaired) electrons. The molecule has 0 spiro atoms. The fourth-order valence-electron chi connectivity index (χ4n) is 2.37. The van der Waals surface area contributed by atoms with E-state index in [0.717, 1.165) is 17.6 Å². The van der Waals surface area contributed by atoms with Crippen molar-refractivity contribution in [2.45, 2.75) is 26.3 Å². The van der Waals surface area contributed by atoms with Gasteiger partial charge in [0, 0.05) is 28.4 Å². The van der Waals surface area contributed by atoms with Crippen LogP contribution in [-0.4, -0.2) is 14.5 Å². The van der Waals surface area contributed by atoms with Crippen molar-refractivity contribution in [2.24, 2.45) is 0 Å². The van der Waals surface area contributed by atoms with Crippen LogP contribution in [0.25, 0.3) is 11.2 Å². The second kappa shape index (κ2) is 5.31. The Kier molecular flexibility index (Phi) is 3.67. The minimum Gasteiger partial charge on any atom is -0.329 e. The smallest absolute Gasteiger partial charge is 0.179 e. The van der Waals surface area contributed by atoms with Gasteiger partial charge in [0.25, 0.3) is 0 Å². The van der Waals surface area contributed by atoms with Gasteiger partial charge >= 0.3 is 0 Å². The lowest BCUT2D eigenvalue weighted by Crippen LogP contribution is -2.08. The lowest BCUT2D eigenvalue weighted by atomic mass is 10.2. The highest BCUT2D eigenvalue weighted by molar-refractivity contribution is 7.71. The van der Waals surface area contributed by atoms with Crippen LogP contribution in [0.15, 0.2) is 24.4 Å². The Hall–Kier alpha value is -1.17. The maximum atomic E-state index is 5.97. The molecular weight excluding hydrogens is 310 g/mol. The number of aromatic amines is 1. The van der Waals surface area contributed by atoms with Crippen LogP contribution < -0.4 is 0 Å². The van der Waals surface area contributed by atoms with Gasteiger partial charge in [0.15, 0.2) is 10.4 Å². The predicted molar refractivity (Wildman–Crippen MR) is 87.4 cm³/mol. The average Bonchev–Trinajstić information content (AvgIpc) is 2.91. The Labute approximate surface area is 131 Å². The van der Waals surface area contributed by atoms with Crippen molar-refractivity contribution in [3.8, 4) is 0 Å². The summed E-state index contributed by atoms with van der Waals surface area (Å²) in [6.45, 7) is 4.29. The number of halogens is 1. The zero-order valence-electron chi connectivity index (χ0n) is 11.2. The molecule has 0 aliphatic heterocycles. The van der Waals surface area contributed by atoms with Crippen LogP contribution in [0.4, 0.5) is 0 Å². The van der Waals surface area contributed by atoms with E-state index >= 15 is 0 Å². The number of pyridine rings is 1. The molecule has 6 heteroatoms. The summed E-state index contributed by atoms with van der Waals surface area (Å²) < 4.78 is 2.76. The van der Waals surface area contributed by atoms with Crippen LogP contribution in [0.1, 0.15) is 22.7 Å². The Morgan fingerprint density at radius 2 is 2.30 bits per heavy atom. The lowest BCUT2D eigenvalue weighted by Gasteiger charge is -2.12. The van der Waals surface area contributed by atoms with Crippen molar-refractivity contribution < 1.29 is 0 Å². The zero-order valence-corrected chi connectivity index (χ0v) is 13.6. The molecule has 0 amide bonds. The van der Waals surface area contributed by atoms with Crippen LogP contribution in [0.5, 0.6) is 0 Å². The summed E-state index contributed by atoms with van der Waals surface area (Å²) >= 11 is 13.2. The molecule has 0 aromatic carbocycles. The van der Waals surface area contributed by atoms with Gasteiger partial charge in [0.2, 0.25) is 0 Å². The first-order valence-corrected chi connectivity index (χ1v) is 7.96. The molecule has 0 aliphatic rings. The van der Waals surface area contributed by atoms with Crippen LogP contribution in [0, 0.1) is 11.7 Å². The normalized spacial score (nSPS) is 12.9. The summed E-state index contributed by atoms with van der Waals surface area (Å²) in [6, 6.07) is 6.44. The van der Waals surface area contributed by atoms with Gasteiger partial charge in [0.1, 0.15) is 0 Å². The van der Waals surface area contributed by atoms with E-state index in [1.165, 1.54) is 9.75 Å². The topological polar surface area (TPSA) is 33.6 Å². The molecule has 1 N–H and O–H groups in total. The number of hydrogen-bond donors (Lipinski definition) is 1. The molecule has 3 aromatic rings. The van der Waals surface area contributed by atoms with Gasteiger partial charge in [-0.05, 0) is 44.3 Å². The largest absolute Gasteiger partial charge is 0.329 e. The lowest BCUT2D eigenvalue weighted by molar-refractivity contribution is 0.553. The molecule has 1 unspecified atom stereocenters. The molecule has 3 nitrogen and oxygen atoms in total. The van der Waals surface area contributed by atoms with Crippen molar-refractivity contribution >= 4 is 46.3 Å². The van der Waals surface area contributed by atoms with E-state index in [1.807, 2.05) is 17.4 Å². The van der Waals surface area contributed by atoms with Gasteiger partial charge < -0.3 is 4.98 Å². The molecule has 0 bridgehead atoms. The number of aryl methyl sites for hydroxylation is 1. The van der Waals surface area contributed by atoms with Crippen molar-refractivity contribution in [3.63, 3.8) is 0 Å². The number of fused-ring (bicyclic) bond motifs is 1. The number of imidazole rings is 1. The molecule has 3 rings (SSSR count). The predicted octanol–water partition coefficient (Wildman–Crippen LogP) is 4.92. The number of thiophene rings is 1. The third kappa shape index (κ3) is 2.53. The highest BCUT2D eigenvalue weighted by Crippen LogP contribution is 2.25. The first kappa shape index (κ1) is 13.8. The molecule has 3 aromatic heterocycles. The van der Waals surface area contributed by atoms with E-state index in [2.05, 4.69) is 40.5 Å². The van der Waals surface area contributed by atoms with E-state index in [-0.39, 0.29) is 6.04 Å². The van der Waals surface area contributed by atoms with Gasteiger partial charge in [-0.25, -0.2) is 4.98 Å². The van der Waals surface area contributed by atoms with E-state index in [1.54, 1.807) is 6.20 Å². The molecule has 0 saturated carbocycles. The number of H-pyrrole nitrogens is 1. The standard InChI is InChI=1S/C14H14ClN3S2/c1-8(5-11-4-3-9(2)20-11)18-13-12(17-14(18)19)6-10(15)7-16-13/h3-4,6-8H,5H2,1-2H3,(H,17,19). The van der Waals surface area contributed by atoms with Crippen LogP contribution in [-0.2, 0) is 6.42 Å². The van der Waals surface area contributed by atoms with Gasteiger partial charge in [-0.2, -0.15) is 0 Å². The summed E-state index contributed by atoms with van der Waals surface area (Å²) in [7, 11) is 0. The third-order valence-corrected chi connectivity index (χ3v) is 4.78. The Morgan fingerprint density at radius 1 is 1.50 bits per heavy atom. The summed E-state index contributed by atoms with van der Waals surface area (Å²) in [4.78, 5) is 10.3. The molecule has 20 heavy (non-hydrogen) atoms. The maximum absolute atomic E-state index is 5.97. The fourth-order valence-corrected chi connectivity index (χ4v) is 3.92. The summed E-state index contributed by atoms with van der Waals surface area (Å²) in [5.74, 6) is 0. The third-order valence-electron chi connectivity index (χ3n) is 3.26. The maximum Gasteiger partial charge on any atom is 0.179 e. The van der Waals surface area contributed by atoms with E-state index < -0.39 is 0 Å². The van der Waals surface area contributed by atoms with Crippen molar-refractivity contribution in [1.82, 2.24) is 14.5 Å². The summed E-state index contributed by atoms with van der Waals surface area (Å²) in [5, 5.41) is 0.613. The second-order valence-corrected chi connectivity index (χ2v) is 7.09. The minimum absolute atomic E-state index is 0.253. The number of nitrogens with one attached hydrogen (secondary N) is 1. The van der Waals surface area contributed by atoms with E-state index in [4.69, 9.17) is 23.8 Å². The monoisotopic (exact) mass is 323 g/mol. The zero-order chi connectivity index (χ0) is 14.3. The summed E-state index contributed by atoms with van der Waals surface area (Å²) in [6.07, 6.45) is 2.61. The average molecular weight is 324 g/mol. The summed E-state index contributed by atoms with van der Waals surface area (Å²) in [5.41, 5.74) is 1.75. The first-order chi connectivity index (χ1) is 9.54. The molecule has 104 valence electrons. The first-order valence-electron chi connectivity index (χ1n) is 6.35. The van der Waals surface area contributed by atoms with Gasteiger partial charge in [-0.15, -0.1) is 11.3 Å². The van der Waals surface area contributed by atoms with Crippen LogP contribution in [0.2, 0.25) is 5.02 Å². The number of rotatable bonds is 3. The second-order valence-electron chi connectivity index (χ2n) is 4.89. The van der Waals surface area contributed by atoms with Crippen LogP contribution in [0.3, 0.4) is 0 Å². The van der Waals surface area contributed by atoms with Crippen molar-refractivity contribution in [1.29, 1.82) is 0 Å². The molecule has 0 saturated heterocycles. The van der Waals surface area contributed by atoms with Gasteiger partial charge in [-0.3, -0.25) is 4.57 Å². The van der Waals surface area contributed by atoms with Gasteiger partial charge in [0.05, 0.1) is 10.5 Å². The molecule has 0 fully saturated rings. The Balaban J connectivity index is 2.00.